The molecule has 0 aliphatic rings. The quantitative estimate of drug-likeness (QED) is 0.796. The van der Waals surface area contributed by atoms with E-state index in [0.29, 0.717) is 17.0 Å². The van der Waals surface area contributed by atoms with Gasteiger partial charge in [-0.2, -0.15) is 0 Å². The molecule has 0 radical (unpaired) electrons. The third-order valence-corrected chi connectivity index (χ3v) is 2.63. The second-order valence-electron chi connectivity index (χ2n) is 3.16. The van der Waals surface area contributed by atoms with E-state index < -0.39 is 0 Å². The Hall–Kier alpha value is -1.42. The molecule has 0 atom stereocenters. The van der Waals surface area contributed by atoms with Gasteiger partial charge >= 0.3 is 0 Å². The second kappa shape index (κ2) is 5.07. The second-order valence-corrected chi connectivity index (χ2v) is 3.72. The molecule has 2 nitrogen and oxygen atoms in total. The Kier molecular flexibility index (Phi) is 3.51. The summed E-state index contributed by atoms with van der Waals surface area (Å²) >= 11 is 3.35. The van der Waals surface area contributed by atoms with Crippen molar-refractivity contribution in [1.82, 2.24) is 4.98 Å². The first-order valence-corrected chi connectivity index (χ1v) is 5.85. The fourth-order valence-electron chi connectivity index (χ4n) is 1.23. The molecule has 0 unspecified atom stereocenters. The van der Waals surface area contributed by atoms with Crippen molar-refractivity contribution in [3.8, 4) is 11.6 Å². The van der Waals surface area contributed by atoms with Crippen LogP contribution >= 0.6 is 15.9 Å². The average molecular weight is 282 g/mol. The third kappa shape index (κ3) is 2.58. The topological polar surface area (TPSA) is 22.1 Å². The van der Waals surface area contributed by atoms with Crippen LogP contribution in [0.4, 0.5) is 4.39 Å². The molecule has 0 saturated heterocycles. The molecule has 0 bridgehead atoms. The van der Waals surface area contributed by atoms with Crippen LogP contribution in [-0.2, 0) is 5.33 Å². The number of nitrogens with zero attached hydrogens (tertiary/aromatic N) is 1. The molecule has 1 aromatic heterocycles. The average Bonchev–Trinajstić information content (AvgIpc) is 2.33. The maximum atomic E-state index is 12.7. The lowest BCUT2D eigenvalue weighted by molar-refractivity contribution is 0.457. The van der Waals surface area contributed by atoms with E-state index in [1.807, 2.05) is 12.1 Å². The highest BCUT2D eigenvalue weighted by Crippen LogP contribution is 2.24. The van der Waals surface area contributed by atoms with Crippen LogP contribution < -0.4 is 4.74 Å². The standard InChI is InChI=1S/C12H9BrFNO/c13-8-9-2-1-7-15-12(9)16-11-5-3-10(14)4-6-11/h1-7H,8H2. The number of aromatic nitrogens is 1. The number of alkyl halides is 1. The molecule has 4 heteroatoms. The van der Waals surface area contributed by atoms with Gasteiger partial charge in [0.15, 0.2) is 0 Å². The van der Waals surface area contributed by atoms with Crippen molar-refractivity contribution in [2.24, 2.45) is 0 Å². The van der Waals surface area contributed by atoms with Gasteiger partial charge in [0, 0.05) is 17.1 Å². The Balaban J connectivity index is 2.23. The molecule has 2 aromatic rings. The minimum Gasteiger partial charge on any atom is -0.439 e. The van der Waals surface area contributed by atoms with Crippen molar-refractivity contribution in [3.05, 3.63) is 54.0 Å². The molecule has 0 amide bonds. The number of halogens is 2. The largest absolute Gasteiger partial charge is 0.439 e. The highest BCUT2D eigenvalue weighted by atomic mass is 79.9. The van der Waals surface area contributed by atoms with E-state index in [1.54, 1.807) is 18.3 Å². The van der Waals surface area contributed by atoms with Crippen LogP contribution in [0.3, 0.4) is 0 Å². The summed E-state index contributed by atoms with van der Waals surface area (Å²) in [6, 6.07) is 9.61. The number of hydrogen-bond acceptors (Lipinski definition) is 2. The molecule has 0 fully saturated rings. The molecule has 1 heterocycles. The number of ether oxygens (including phenoxy) is 1. The van der Waals surface area contributed by atoms with Gasteiger partial charge in [0.25, 0.3) is 0 Å². The Bertz CT molecular complexity index is 473. The molecule has 0 spiro atoms. The van der Waals surface area contributed by atoms with Crippen molar-refractivity contribution in [1.29, 1.82) is 0 Å². The Morgan fingerprint density at radius 2 is 1.94 bits per heavy atom. The van der Waals surface area contributed by atoms with Gasteiger partial charge in [0.2, 0.25) is 5.88 Å². The fraction of sp³-hybridized carbons (Fsp3) is 0.0833. The number of hydrogen-bond donors (Lipinski definition) is 0. The molecule has 82 valence electrons. The van der Waals surface area contributed by atoms with Crippen LogP contribution in [0.1, 0.15) is 5.56 Å². The lowest BCUT2D eigenvalue weighted by atomic mass is 10.3. The zero-order valence-corrected chi connectivity index (χ0v) is 9.95. The Labute approximate surface area is 101 Å². The van der Waals surface area contributed by atoms with Crippen molar-refractivity contribution < 1.29 is 9.13 Å². The summed E-state index contributed by atoms with van der Waals surface area (Å²) in [5.74, 6) is 0.822. The zero-order valence-electron chi connectivity index (χ0n) is 8.36. The molecule has 0 aliphatic carbocycles. The van der Waals surface area contributed by atoms with Crippen LogP contribution in [-0.4, -0.2) is 4.98 Å². The van der Waals surface area contributed by atoms with Gasteiger partial charge in [-0.25, -0.2) is 9.37 Å². The molecular formula is C12H9BrFNO. The van der Waals surface area contributed by atoms with Crippen molar-refractivity contribution >= 4 is 15.9 Å². The van der Waals surface area contributed by atoms with Crippen molar-refractivity contribution in [3.63, 3.8) is 0 Å². The minimum atomic E-state index is -0.283. The molecular weight excluding hydrogens is 273 g/mol. The van der Waals surface area contributed by atoms with Crippen LogP contribution in [0.15, 0.2) is 42.6 Å². The van der Waals surface area contributed by atoms with Crippen LogP contribution in [0, 0.1) is 5.82 Å². The lowest BCUT2D eigenvalue weighted by Gasteiger charge is -2.07. The highest BCUT2D eigenvalue weighted by molar-refractivity contribution is 9.08. The Morgan fingerprint density at radius 1 is 1.19 bits per heavy atom. The first-order valence-electron chi connectivity index (χ1n) is 4.73. The van der Waals surface area contributed by atoms with Gasteiger partial charge in [-0.05, 0) is 30.3 Å². The fourth-order valence-corrected chi connectivity index (χ4v) is 1.66. The normalized spacial score (nSPS) is 10.1. The summed E-state index contributed by atoms with van der Waals surface area (Å²) in [5, 5.41) is 0.664. The summed E-state index contributed by atoms with van der Waals surface area (Å²) in [6.07, 6.45) is 1.66. The third-order valence-electron chi connectivity index (χ3n) is 2.02. The van der Waals surface area contributed by atoms with Gasteiger partial charge in [-0.3, -0.25) is 0 Å². The molecule has 0 aliphatic heterocycles. The van der Waals surface area contributed by atoms with Gasteiger partial charge in [-0.1, -0.05) is 22.0 Å². The minimum absolute atomic E-state index is 0.283. The van der Waals surface area contributed by atoms with Crippen LogP contribution in [0.5, 0.6) is 11.6 Å². The summed E-state index contributed by atoms with van der Waals surface area (Å²) in [4.78, 5) is 4.12. The van der Waals surface area contributed by atoms with Gasteiger partial charge < -0.3 is 4.74 Å². The predicted molar refractivity (Wildman–Crippen MR) is 63.3 cm³/mol. The molecule has 16 heavy (non-hydrogen) atoms. The van der Waals surface area contributed by atoms with Crippen LogP contribution in [0.25, 0.3) is 0 Å². The van der Waals surface area contributed by atoms with Crippen LogP contribution in [0.2, 0.25) is 0 Å². The maximum absolute atomic E-state index is 12.7. The van der Waals surface area contributed by atoms with E-state index >= 15 is 0 Å². The monoisotopic (exact) mass is 281 g/mol. The van der Waals surface area contributed by atoms with Crippen molar-refractivity contribution in [2.75, 3.05) is 0 Å². The van der Waals surface area contributed by atoms with Crippen molar-refractivity contribution in [2.45, 2.75) is 5.33 Å². The zero-order chi connectivity index (χ0) is 11.4. The first-order chi connectivity index (χ1) is 7.79. The number of pyridine rings is 1. The van der Waals surface area contributed by atoms with E-state index in [0.717, 1.165) is 5.56 Å². The molecule has 0 N–H and O–H groups in total. The first kappa shape index (κ1) is 11.1. The summed E-state index contributed by atoms with van der Waals surface area (Å²) in [5.41, 5.74) is 0.951. The summed E-state index contributed by atoms with van der Waals surface area (Å²) < 4.78 is 18.2. The van der Waals surface area contributed by atoms with Gasteiger partial charge in [0.1, 0.15) is 11.6 Å². The van der Waals surface area contributed by atoms with E-state index in [4.69, 9.17) is 4.74 Å². The molecule has 1 aromatic carbocycles. The van der Waals surface area contributed by atoms with E-state index in [9.17, 15) is 4.39 Å². The maximum Gasteiger partial charge on any atom is 0.223 e. The van der Waals surface area contributed by atoms with E-state index in [1.165, 1.54) is 12.1 Å². The SMILES string of the molecule is Fc1ccc(Oc2ncccc2CBr)cc1. The van der Waals surface area contributed by atoms with E-state index in [2.05, 4.69) is 20.9 Å². The van der Waals surface area contributed by atoms with Gasteiger partial charge in [-0.15, -0.1) is 0 Å². The molecule has 2 rings (SSSR count). The van der Waals surface area contributed by atoms with E-state index in [-0.39, 0.29) is 5.82 Å². The Morgan fingerprint density at radius 3 is 2.62 bits per heavy atom. The highest BCUT2D eigenvalue weighted by Gasteiger charge is 2.04. The predicted octanol–water partition coefficient (Wildman–Crippen LogP) is 3.91. The van der Waals surface area contributed by atoms with Gasteiger partial charge in [0.05, 0.1) is 0 Å². The lowest BCUT2D eigenvalue weighted by Crippen LogP contribution is -1.92. The number of benzene rings is 1. The summed E-state index contributed by atoms with van der Waals surface area (Å²) in [6.45, 7) is 0. The number of rotatable bonds is 3. The smallest absolute Gasteiger partial charge is 0.223 e. The molecule has 0 saturated carbocycles. The summed E-state index contributed by atoms with van der Waals surface area (Å²) in [7, 11) is 0.